The van der Waals surface area contributed by atoms with Crippen LogP contribution in [0.3, 0.4) is 0 Å². The Bertz CT molecular complexity index is 1180. The minimum Gasteiger partial charge on any atom is -0.458 e. The normalized spacial score (nSPS) is 23.9. The Labute approximate surface area is 210 Å². The number of cyclic esters (lactones) is 1. The maximum absolute atomic E-state index is 14.0. The van der Waals surface area contributed by atoms with Gasteiger partial charge in [-0.3, -0.25) is 4.79 Å². The lowest BCUT2D eigenvalue weighted by atomic mass is 9.69. The van der Waals surface area contributed by atoms with Crippen molar-refractivity contribution in [1.82, 2.24) is 0 Å². The average molecular weight is 495 g/mol. The molecule has 7 heteroatoms. The molecule has 0 radical (unpaired) electrons. The van der Waals surface area contributed by atoms with E-state index in [-0.39, 0.29) is 12.2 Å². The zero-order valence-corrected chi connectivity index (χ0v) is 20.7. The Kier molecular flexibility index (Phi) is 7.59. The maximum Gasteiger partial charge on any atom is 0.514 e. The van der Waals surface area contributed by atoms with Crippen molar-refractivity contribution >= 4 is 17.7 Å². The van der Waals surface area contributed by atoms with E-state index in [4.69, 9.17) is 14.2 Å². The summed E-state index contributed by atoms with van der Waals surface area (Å²) in [6, 6.07) is 13.6. The van der Waals surface area contributed by atoms with E-state index < -0.39 is 35.9 Å². The summed E-state index contributed by atoms with van der Waals surface area (Å²) in [6.45, 7) is 5.79. The van der Waals surface area contributed by atoms with Crippen LogP contribution in [-0.4, -0.2) is 35.5 Å². The van der Waals surface area contributed by atoms with Crippen LogP contribution in [0.25, 0.3) is 5.57 Å². The molecule has 0 saturated carbocycles. The fourth-order valence-electron chi connectivity index (χ4n) is 4.89. The number of hydrogen-bond acceptors (Lipinski definition) is 6. The molecule has 1 saturated heterocycles. The SMILES string of the molecule is Cc1cc(C2=C(/C=C/[C@@H]3C[C@@H](O)CC(=O)O3)C(C)(C)C[C@@H](OC(=O)Oc3ccccc3)C2)ccc1F. The number of aliphatic hydroxyl groups excluding tert-OH is 1. The molecule has 36 heavy (non-hydrogen) atoms. The monoisotopic (exact) mass is 494 g/mol. The zero-order chi connectivity index (χ0) is 25.9. The molecule has 2 aliphatic rings. The summed E-state index contributed by atoms with van der Waals surface area (Å²) in [5.74, 6) is -0.329. The highest BCUT2D eigenvalue weighted by Crippen LogP contribution is 2.46. The summed E-state index contributed by atoms with van der Waals surface area (Å²) in [7, 11) is 0. The molecule has 1 aliphatic heterocycles. The number of esters is 1. The number of aliphatic hydroxyl groups is 1. The van der Waals surface area contributed by atoms with Crippen LogP contribution in [0, 0.1) is 18.2 Å². The summed E-state index contributed by atoms with van der Waals surface area (Å²) in [5.41, 5.74) is 2.79. The Hall–Kier alpha value is -3.45. The Morgan fingerprint density at radius 2 is 1.92 bits per heavy atom. The lowest BCUT2D eigenvalue weighted by Gasteiger charge is -2.38. The molecule has 2 aromatic carbocycles. The number of para-hydroxylation sites is 1. The zero-order valence-electron chi connectivity index (χ0n) is 20.7. The van der Waals surface area contributed by atoms with Gasteiger partial charge < -0.3 is 19.3 Å². The van der Waals surface area contributed by atoms with Gasteiger partial charge in [-0.15, -0.1) is 0 Å². The van der Waals surface area contributed by atoms with Crippen molar-refractivity contribution in [3.8, 4) is 5.75 Å². The summed E-state index contributed by atoms with van der Waals surface area (Å²) in [6.07, 6.45) is 2.48. The molecule has 1 aliphatic carbocycles. The third-order valence-corrected chi connectivity index (χ3v) is 6.60. The molecule has 2 aromatic rings. The summed E-state index contributed by atoms with van der Waals surface area (Å²) in [4.78, 5) is 24.3. The predicted molar refractivity (Wildman–Crippen MR) is 133 cm³/mol. The quantitative estimate of drug-likeness (QED) is 0.411. The molecule has 190 valence electrons. The lowest BCUT2D eigenvalue weighted by Crippen LogP contribution is -2.33. The lowest BCUT2D eigenvalue weighted by molar-refractivity contribution is -0.156. The van der Waals surface area contributed by atoms with Crippen LogP contribution in [0.5, 0.6) is 5.75 Å². The molecule has 4 rings (SSSR count). The molecule has 0 spiro atoms. The van der Waals surface area contributed by atoms with E-state index in [0.29, 0.717) is 30.6 Å². The highest BCUT2D eigenvalue weighted by Gasteiger charge is 2.37. The molecule has 1 heterocycles. The summed E-state index contributed by atoms with van der Waals surface area (Å²) < 4.78 is 30.5. The van der Waals surface area contributed by atoms with Gasteiger partial charge in [-0.1, -0.05) is 44.2 Å². The van der Waals surface area contributed by atoms with E-state index in [1.165, 1.54) is 6.07 Å². The smallest absolute Gasteiger partial charge is 0.458 e. The van der Waals surface area contributed by atoms with Gasteiger partial charge in [0, 0.05) is 12.8 Å². The second-order valence-electron chi connectivity index (χ2n) is 10.0. The Morgan fingerprint density at radius 3 is 2.61 bits per heavy atom. The topological polar surface area (TPSA) is 82.1 Å². The van der Waals surface area contributed by atoms with Crippen molar-refractivity contribution in [3.05, 3.63) is 83.2 Å². The van der Waals surface area contributed by atoms with E-state index >= 15 is 0 Å². The first-order valence-electron chi connectivity index (χ1n) is 12.1. The van der Waals surface area contributed by atoms with Gasteiger partial charge in [0.05, 0.1) is 12.5 Å². The summed E-state index contributed by atoms with van der Waals surface area (Å²) in [5, 5.41) is 9.96. The van der Waals surface area contributed by atoms with Gasteiger partial charge >= 0.3 is 12.1 Å². The molecular formula is C29H31FO6. The fourth-order valence-corrected chi connectivity index (χ4v) is 4.89. The van der Waals surface area contributed by atoms with E-state index in [1.807, 2.05) is 26.0 Å². The highest BCUT2D eigenvalue weighted by atomic mass is 19.1. The number of ether oxygens (including phenoxy) is 3. The van der Waals surface area contributed by atoms with Crippen LogP contribution < -0.4 is 4.74 Å². The first-order valence-corrected chi connectivity index (χ1v) is 12.1. The van der Waals surface area contributed by atoms with Crippen molar-refractivity contribution in [2.24, 2.45) is 5.41 Å². The maximum atomic E-state index is 14.0. The molecule has 1 fully saturated rings. The first kappa shape index (κ1) is 25.6. The van der Waals surface area contributed by atoms with Gasteiger partial charge in [-0.2, -0.15) is 0 Å². The first-order chi connectivity index (χ1) is 17.1. The van der Waals surface area contributed by atoms with Crippen LogP contribution in [0.15, 0.2) is 66.3 Å². The van der Waals surface area contributed by atoms with Gasteiger partial charge in [0.25, 0.3) is 0 Å². The number of hydrogen-bond donors (Lipinski definition) is 1. The molecule has 1 N–H and O–H groups in total. The van der Waals surface area contributed by atoms with Gasteiger partial charge in [0.1, 0.15) is 23.8 Å². The van der Waals surface area contributed by atoms with Crippen LogP contribution in [-0.2, 0) is 14.3 Å². The molecule has 0 unspecified atom stereocenters. The van der Waals surface area contributed by atoms with E-state index in [2.05, 4.69) is 0 Å². The largest absolute Gasteiger partial charge is 0.514 e. The number of rotatable bonds is 5. The van der Waals surface area contributed by atoms with Crippen LogP contribution >= 0.6 is 0 Å². The minimum absolute atomic E-state index is 0.00324. The Morgan fingerprint density at radius 1 is 1.17 bits per heavy atom. The number of allylic oxidation sites excluding steroid dienone is 2. The van der Waals surface area contributed by atoms with Gasteiger partial charge in [-0.25, -0.2) is 9.18 Å². The van der Waals surface area contributed by atoms with E-state index in [0.717, 1.165) is 16.7 Å². The second-order valence-corrected chi connectivity index (χ2v) is 10.0. The van der Waals surface area contributed by atoms with Crippen molar-refractivity contribution in [2.45, 2.75) is 64.8 Å². The van der Waals surface area contributed by atoms with Gasteiger partial charge in [0.15, 0.2) is 0 Å². The molecule has 0 bridgehead atoms. The molecule has 6 nitrogen and oxygen atoms in total. The van der Waals surface area contributed by atoms with Crippen LogP contribution in [0.1, 0.15) is 50.7 Å². The Balaban J connectivity index is 1.63. The van der Waals surface area contributed by atoms with E-state index in [9.17, 15) is 19.1 Å². The number of halogens is 1. The highest BCUT2D eigenvalue weighted by molar-refractivity contribution is 5.75. The molecule has 3 atom stereocenters. The fraction of sp³-hybridized carbons (Fsp3) is 0.379. The number of carbonyl (C=O) groups excluding carboxylic acids is 2. The van der Waals surface area contributed by atoms with Gasteiger partial charge in [0.2, 0.25) is 0 Å². The van der Waals surface area contributed by atoms with Crippen molar-refractivity contribution < 1.29 is 33.3 Å². The van der Waals surface area contributed by atoms with Crippen molar-refractivity contribution in [2.75, 3.05) is 0 Å². The van der Waals surface area contributed by atoms with Crippen molar-refractivity contribution in [3.63, 3.8) is 0 Å². The minimum atomic E-state index is -0.779. The number of carbonyl (C=O) groups is 2. The third kappa shape index (κ3) is 6.21. The molecular weight excluding hydrogens is 463 g/mol. The number of benzene rings is 2. The summed E-state index contributed by atoms with van der Waals surface area (Å²) >= 11 is 0. The molecule has 0 amide bonds. The second kappa shape index (κ2) is 10.7. The standard InChI is InChI=1S/C29H31FO6/c1-18-13-19(9-12-26(18)30)24-16-23(36-28(33)35-21-7-5-4-6-8-21)17-29(2,3)25(24)11-10-22-14-20(31)15-27(32)34-22/h4-13,20,22-23,31H,14-17H2,1-3H3/b11-10+/t20-,22-,23+/m1/s1. The third-order valence-electron chi connectivity index (χ3n) is 6.60. The van der Waals surface area contributed by atoms with Crippen molar-refractivity contribution in [1.29, 1.82) is 0 Å². The average Bonchev–Trinajstić information content (AvgIpc) is 2.79. The number of aryl methyl sites for hydroxylation is 1. The van der Waals surface area contributed by atoms with Crippen LogP contribution in [0.2, 0.25) is 0 Å². The van der Waals surface area contributed by atoms with Gasteiger partial charge in [-0.05, 0) is 71.4 Å². The van der Waals surface area contributed by atoms with Crippen LogP contribution in [0.4, 0.5) is 9.18 Å². The predicted octanol–water partition coefficient (Wildman–Crippen LogP) is 5.91. The van der Waals surface area contributed by atoms with E-state index in [1.54, 1.807) is 49.4 Å². The molecule has 0 aromatic heterocycles.